The fourth-order valence-corrected chi connectivity index (χ4v) is 5.40. The number of ether oxygens (including phenoxy) is 1. The molecule has 4 atom stereocenters. The van der Waals surface area contributed by atoms with Gasteiger partial charge in [0.2, 0.25) is 0 Å². The average molecular weight is 470 g/mol. The van der Waals surface area contributed by atoms with Crippen LogP contribution in [0.25, 0.3) is 0 Å². The van der Waals surface area contributed by atoms with Crippen LogP contribution in [0.15, 0.2) is 10.4 Å². The van der Waals surface area contributed by atoms with Crippen LogP contribution in [0, 0.1) is 5.92 Å². The molecule has 1 saturated heterocycles. The third-order valence-electron chi connectivity index (χ3n) is 3.83. The highest BCUT2D eigenvalue weighted by Crippen LogP contribution is 2.47. The number of carbonyl (C=O) groups excluding carboxylic acids is 1. The molecule has 2 aliphatic heterocycles. The lowest BCUT2D eigenvalue weighted by atomic mass is 9.80. The molecule has 1 amide bonds. The van der Waals surface area contributed by atoms with Crippen molar-refractivity contribution in [2.24, 2.45) is 10.9 Å². The molecule has 0 saturated carbocycles. The number of rotatable bonds is 2. The first-order chi connectivity index (χ1) is 10.5. The third kappa shape index (κ3) is 3.28. The Hall–Kier alpha value is 0.0400. The van der Waals surface area contributed by atoms with Gasteiger partial charge in [0.05, 0.1) is 12.7 Å². The quantitative estimate of drug-likeness (QED) is 0.301. The molecule has 1 aromatic rings. The van der Waals surface area contributed by atoms with Gasteiger partial charge < -0.3 is 15.1 Å². The summed E-state index contributed by atoms with van der Waals surface area (Å²) in [5.41, 5.74) is -0.449. The number of carbonyl (C=O) groups is 1. The fourth-order valence-electron chi connectivity index (χ4n) is 2.76. The van der Waals surface area contributed by atoms with Gasteiger partial charge in [0.1, 0.15) is 16.4 Å². The largest absolute Gasteiger partial charge is 0.375 e. The minimum absolute atomic E-state index is 0.146. The van der Waals surface area contributed by atoms with E-state index in [9.17, 15) is 4.79 Å². The second kappa shape index (κ2) is 6.88. The Morgan fingerprint density at radius 2 is 2.45 bits per heavy atom. The molecule has 0 bridgehead atoms. The van der Waals surface area contributed by atoms with Crippen molar-refractivity contribution in [3.05, 3.63) is 10.4 Å². The number of amides is 1. The minimum Gasteiger partial charge on any atom is -0.375 e. The van der Waals surface area contributed by atoms with Gasteiger partial charge in [-0.15, -0.1) is 11.3 Å². The highest BCUT2D eigenvalue weighted by atomic mass is 127. The summed E-state index contributed by atoms with van der Waals surface area (Å²) in [6.45, 7) is 2.63. The van der Waals surface area contributed by atoms with E-state index in [1.54, 1.807) is 34.4 Å². The van der Waals surface area contributed by atoms with Gasteiger partial charge >= 0.3 is 0 Å². The zero-order valence-electron chi connectivity index (χ0n) is 11.8. The maximum Gasteiger partial charge on any atom is 0.286 e. The van der Waals surface area contributed by atoms with Gasteiger partial charge in [-0.2, -0.15) is 0 Å². The SMILES string of the molecule is C[C@H]1C[C@H]2CSC(NP)=N[C@@]2(c2nc(NC(=O)I)cs2)CO1. The van der Waals surface area contributed by atoms with Crippen molar-refractivity contribution in [2.75, 3.05) is 17.7 Å². The van der Waals surface area contributed by atoms with Crippen molar-refractivity contribution in [3.63, 3.8) is 0 Å². The topological polar surface area (TPSA) is 75.6 Å². The minimum atomic E-state index is -0.449. The van der Waals surface area contributed by atoms with Crippen molar-refractivity contribution in [1.29, 1.82) is 0 Å². The molecule has 0 radical (unpaired) electrons. The zero-order chi connectivity index (χ0) is 15.7. The van der Waals surface area contributed by atoms with Gasteiger partial charge in [0, 0.05) is 39.6 Å². The lowest BCUT2D eigenvalue weighted by Gasteiger charge is -2.44. The summed E-state index contributed by atoms with van der Waals surface area (Å²) >= 11 is 4.96. The highest BCUT2D eigenvalue weighted by Gasteiger charge is 2.49. The van der Waals surface area contributed by atoms with Gasteiger partial charge in [-0.1, -0.05) is 11.8 Å². The van der Waals surface area contributed by atoms with E-state index in [4.69, 9.17) is 9.73 Å². The van der Waals surface area contributed by atoms with Crippen LogP contribution >= 0.6 is 55.1 Å². The monoisotopic (exact) mass is 470 g/mol. The normalized spacial score (nSPS) is 31.1. The summed E-state index contributed by atoms with van der Waals surface area (Å²) in [4.78, 5) is 20.7. The molecule has 120 valence electrons. The number of aliphatic imine (C=N–C) groups is 1. The molecule has 10 heteroatoms. The maximum atomic E-state index is 11.2. The second-order valence-corrected chi connectivity index (χ2v) is 8.42. The van der Waals surface area contributed by atoms with E-state index >= 15 is 0 Å². The summed E-state index contributed by atoms with van der Waals surface area (Å²) in [6.07, 6.45) is 1.21. The molecule has 2 N–H and O–H groups in total. The van der Waals surface area contributed by atoms with Crippen LogP contribution in [-0.2, 0) is 10.3 Å². The Morgan fingerprint density at radius 1 is 1.64 bits per heavy atom. The Kier molecular flexibility index (Phi) is 5.28. The highest BCUT2D eigenvalue weighted by molar-refractivity contribution is 14.1. The molecule has 1 unspecified atom stereocenters. The van der Waals surface area contributed by atoms with Crippen LogP contribution in [0.5, 0.6) is 0 Å². The van der Waals surface area contributed by atoms with Gasteiger partial charge in [-0.3, -0.25) is 4.79 Å². The number of thiazole rings is 1. The molecule has 1 aromatic heterocycles. The number of halogens is 1. The number of hydrogen-bond acceptors (Lipinski definition) is 7. The summed E-state index contributed by atoms with van der Waals surface area (Å²) in [5.74, 6) is 1.96. The van der Waals surface area contributed by atoms with Gasteiger partial charge in [0.25, 0.3) is 3.91 Å². The van der Waals surface area contributed by atoms with Crippen molar-refractivity contribution >= 4 is 70.0 Å². The first kappa shape index (κ1) is 16.9. The molecule has 22 heavy (non-hydrogen) atoms. The lowest BCUT2D eigenvalue weighted by molar-refractivity contribution is -0.0466. The maximum absolute atomic E-state index is 11.2. The summed E-state index contributed by atoms with van der Waals surface area (Å²) in [6, 6.07) is 0. The first-order valence-electron chi connectivity index (χ1n) is 6.77. The Labute approximate surface area is 153 Å². The number of aromatic nitrogens is 1. The number of thioether (sulfide) groups is 1. The molecular weight excluding hydrogens is 454 g/mol. The second-order valence-electron chi connectivity index (χ2n) is 5.29. The molecule has 3 rings (SSSR count). The van der Waals surface area contributed by atoms with Crippen LogP contribution in [0.4, 0.5) is 10.6 Å². The van der Waals surface area contributed by atoms with Crippen LogP contribution in [0.1, 0.15) is 18.4 Å². The van der Waals surface area contributed by atoms with E-state index < -0.39 is 5.54 Å². The van der Waals surface area contributed by atoms with E-state index in [-0.39, 0.29) is 10.0 Å². The van der Waals surface area contributed by atoms with Crippen molar-refractivity contribution in [1.82, 2.24) is 10.1 Å². The van der Waals surface area contributed by atoms with Crippen LogP contribution in [-0.4, -0.2) is 32.5 Å². The molecule has 0 aliphatic carbocycles. The lowest BCUT2D eigenvalue weighted by Crippen LogP contribution is -2.49. The van der Waals surface area contributed by atoms with Crippen molar-refractivity contribution < 1.29 is 9.53 Å². The molecule has 0 spiro atoms. The number of nitrogens with zero attached hydrogens (tertiary/aromatic N) is 2. The molecule has 2 aliphatic rings. The number of fused-ring (bicyclic) bond motifs is 1. The van der Waals surface area contributed by atoms with Crippen LogP contribution in [0.3, 0.4) is 0 Å². The summed E-state index contributed by atoms with van der Waals surface area (Å²) in [7, 11) is 2.49. The van der Waals surface area contributed by atoms with Crippen LogP contribution in [0.2, 0.25) is 0 Å². The van der Waals surface area contributed by atoms with E-state index in [2.05, 4.69) is 31.7 Å². The molecule has 1 fully saturated rings. The number of nitrogens with one attached hydrogen (secondary N) is 2. The molecule has 6 nitrogen and oxygen atoms in total. The Bertz CT molecular complexity index is 614. The van der Waals surface area contributed by atoms with E-state index in [1.165, 1.54) is 11.3 Å². The molecular formula is C12H16IN4O2PS2. The Morgan fingerprint density at radius 3 is 3.18 bits per heavy atom. The van der Waals surface area contributed by atoms with Crippen molar-refractivity contribution in [2.45, 2.75) is 25.0 Å². The molecule has 0 aromatic carbocycles. The summed E-state index contributed by atoms with van der Waals surface area (Å²) < 4.78 is 5.77. The van der Waals surface area contributed by atoms with E-state index in [0.717, 1.165) is 22.3 Å². The molecule has 3 heterocycles. The Balaban J connectivity index is 1.97. The average Bonchev–Trinajstić information content (AvgIpc) is 2.95. The number of amidine groups is 1. The number of anilines is 1. The standard InChI is InChI=1S/C12H16IN4O2PS2/c1-6-2-7-3-22-11(17-20)16-12(7,5-19-6)9-14-8(4-21-9)15-10(13)18/h4,6-7H,2-3,5,20H2,1H3,(H,15,18)(H,16,17)/t6-,7-,12-/m0/s1. The predicted octanol–water partition coefficient (Wildman–Crippen LogP) is 3.21. The van der Waals surface area contributed by atoms with E-state index in [0.29, 0.717) is 18.3 Å². The van der Waals surface area contributed by atoms with Crippen molar-refractivity contribution in [3.8, 4) is 0 Å². The van der Waals surface area contributed by atoms with Crippen LogP contribution < -0.4 is 10.4 Å². The van der Waals surface area contributed by atoms with Gasteiger partial charge in [-0.05, 0) is 22.7 Å². The summed E-state index contributed by atoms with van der Waals surface area (Å²) in [5, 5.41) is 9.44. The fraction of sp³-hybridized carbons (Fsp3) is 0.583. The third-order valence-corrected chi connectivity index (χ3v) is 6.64. The first-order valence-corrected chi connectivity index (χ1v) is 10.3. The number of hydrogen-bond donors (Lipinski definition) is 2. The smallest absolute Gasteiger partial charge is 0.286 e. The van der Waals surface area contributed by atoms with Gasteiger partial charge in [0.15, 0.2) is 5.17 Å². The zero-order valence-corrected chi connectivity index (χ0v) is 16.8. The van der Waals surface area contributed by atoms with E-state index in [1.807, 2.05) is 5.38 Å². The predicted molar refractivity (Wildman–Crippen MR) is 103 cm³/mol. The van der Waals surface area contributed by atoms with Gasteiger partial charge in [-0.25, -0.2) is 9.98 Å².